The molecular formula is C79H154O17P2. The Labute approximate surface area is 600 Å². The highest BCUT2D eigenvalue weighted by Gasteiger charge is 2.30. The zero-order valence-corrected chi connectivity index (χ0v) is 66.0. The molecule has 0 aromatic carbocycles. The van der Waals surface area contributed by atoms with Crippen LogP contribution in [0.25, 0.3) is 0 Å². The second-order valence-corrected chi connectivity index (χ2v) is 32.3. The molecule has 0 saturated heterocycles. The third-order valence-electron chi connectivity index (χ3n) is 19.1. The van der Waals surface area contributed by atoms with Gasteiger partial charge in [0, 0.05) is 25.7 Å². The van der Waals surface area contributed by atoms with Gasteiger partial charge in [-0.2, -0.15) is 0 Å². The van der Waals surface area contributed by atoms with Crippen LogP contribution in [0.1, 0.15) is 408 Å². The van der Waals surface area contributed by atoms with Crippen LogP contribution in [0.15, 0.2) is 0 Å². The number of aliphatic hydroxyl groups is 1. The van der Waals surface area contributed by atoms with Crippen LogP contribution in [-0.4, -0.2) is 96.7 Å². The minimum absolute atomic E-state index is 0.106. The molecule has 17 nitrogen and oxygen atoms in total. The van der Waals surface area contributed by atoms with Crippen molar-refractivity contribution in [2.24, 2.45) is 17.8 Å². The number of hydrogen-bond donors (Lipinski definition) is 3. The summed E-state index contributed by atoms with van der Waals surface area (Å²) >= 11 is 0. The van der Waals surface area contributed by atoms with Crippen LogP contribution in [-0.2, 0) is 65.4 Å². The molecule has 98 heavy (non-hydrogen) atoms. The van der Waals surface area contributed by atoms with Crippen molar-refractivity contribution in [3.63, 3.8) is 0 Å². The lowest BCUT2D eigenvalue weighted by molar-refractivity contribution is -0.161. The zero-order chi connectivity index (χ0) is 72.3. The molecule has 3 N–H and O–H groups in total. The Morgan fingerprint density at radius 1 is 0.296 bits per heavy atom. The first kappa shape index (κ1) is 96.1. The molecule has 0 aliphatic heterocycles. The van der Waals surface area contributed by atoms with E-state index >= 15 is 0 Å². The minimum Gasteiger partial charge on any atom is -0.462 e. The Kier molecular flexibility index (Phi) is 68.1. The van der Waals surface area contributed by atoms with Gasteiger partial charge in [0.2, 0.25) is 0 Å². The summed E-state index contributed by atoms with van der Waals surface area (Å²) in [6, 6.07) is 0. The molecule has 7 atom stereocenters. The molecule has 0 rings (SSSR count). The third-order valence-corrected chi connectivity index (χ3v) is 21.0. The van der Waals surface area contributed by atoms with Crippen LogP contribution < -0.4 is 0 Å². The highest BCUT2D eigenvalue weighted by atomic mass is 31.2. The first-order valence-corrected chi connectivity index (χ1v) is 43.9. The molecular weight excluding hydrogens is 1280 g/mol. The summed E-state index contributed by atoms with van der Waals surface area (Å²) in [5.74, 6) is 0.244. The van der Waals surface area contributed by atoms with E-state index in [2.05, 4.69) is 48.5 Å². The molecule has 0 radical (unpaired) electrons. The molecule has 0 saturated carbocycles. The van der Waals surface area contributed by atoms with E-state index < -0.39 is 97.5 Å². The number of rotatable bonds is 77. The van der Waals surface area contributed by atoms with Gasteiger partial charge in [-0.05, 0) is 43.4 Å². The molecule has 0 spiro atoms. The molecule has 0 bridgehead atoms. The molecule has 0 heterocycles. The maximum Gasteiger partial charge on any atom is 0.472 e. The van der Waals surface area contributed by atoms with E-state index in [-0.39, 0.29) is 25.7 Å². The molecule has 19 heteroatoms. The number of hydrogen-bond acceptors (Lipinski definition) is 15. The molecule has 0 aliphatic rings. The number of phosphoric acid groups is 2. The topological polar surface area (TPSA) is 237 Å². The molecule has 0 aliphatic carbocycles. The van der Waals surface area contributed by atoms with E-state index in [0.29, 0.717) is 31.6 Å². The molecule has 0 aromatic heterocycles. The Balaban J connectivity index is 5.20. The first-order chi connectivity index (χ1) is 47.3. The first-order valence-electron chi connectivity index (χ1n) is 40.9. The van der Waals surface area contributed by atoms with Crippen molar-refractivity contribution in [3.05, 3.63) is 0 Å². The van der Waals surface area contributed by atoms with E-state index in [1.165, 1.54) is 212 Å². The number of phosphoric ester groups is 2. The van der Waals surface area contributed by atoms with Gasteiger partial charge in [0.15, 0.2) is 12.2 Å². The van der Waals surface area contributed by atoms with Gasteiger partial charge < -0.3 is 33.8 Å². The number of aliphatic hydroxyl groups excluding tert-OH is 1. The summed E-state index contributed by atoms with van der Waals surface area (Å²) < 4.78 is 68.6. The van der Waals surface area contributed by atoms with Crippen molar-refractivity contribution in [3.8, 4) is 0 Å². The van der Waals surface area contributed by atoms with E-state index in [1.807, 2.05) is 0 Å². The van der Waals surface area contributed by atoms with Crippen molar-refractivity contribution < 1.29 is 80.2 Å². The van der Waals surface area contributed by atoms with Crippen molar-refractivity contribution in [2.45, 2.75) is 426 Å². The van der Waals surface area contributed by atoms with Gasteiger partial charge in [-0.3, -0.25) is 37.3 Å². The fraction of sp³-hybridized carbons (Fsp3) is 0.949. The maximum atomic E-state index is 13.1. The third kappa shape index (κ3) is 69.8. The molecule has 582 valence electrons. The van der Waals surface area contributed by atoms with Gasteiger partial charge in [0.25, 0.3) is 0 Å². The SMILES string of the molecule is CCCCCCCCCCCCCCCC(=O)O[C@H](COC(=O)CCCCCCCCC(C)C)COP(=O)(O)OC[C@H](O)COP(=O)(O)OC[C@@H](COC(=O)CCCCCCCCCCCCC(C)CC)OC(=O)CCCCCCCCCCCCCCCCCCCCC(C)CC. The van der Waals surface area contributed by atoms with Crippen LogP contribution in [0.3, 0.4) is 0 Å². The second-order valence-electron chi connectivity index (χ2n) is 29.4. The fourth-order valence-corrected chi connectivity index (χ4v) is 13.6. The van der Waals surface area contributed by atoms with E-state index in [0.717, 1.165) is 108 Å². The van der Waals surface area contributed by atoms with Crippen LogP contribution >= 0.6 is 15.6 Å². The van der Waals surface area contributed by atoms with E-state index in [9.17, 15) is 43.2 Å². The van der Waals surface area contributed by atoms with Gasteiger partial charge in [0.1, 0.15) is 19.3 Å². The summed E-state index contributed by atoms with van der Waals surface area (Å²) in [5, 5.41) is 10.6. The highest BCUT2D eigenvalue weighted by molar-refractivity contribution is 7.47. The number of esters is 4. The van der Waals surface area contributed by atoms with Crippen molar-refractivity contribution in [2.75, 3.05) is 39.6 Å². The lowest BCUT2D eigenvalue weighted by Gasteiger charge is -2.21. The largest absolute Gasteiger partial charge is 0.472 e. The summed E-state index contributed by atoms with van der Waals surface area (Å²) in [4.78, 5) is 72.9. The molecule has 0 aromatic rings. The standard InChI is InChI=1S/C79H154O17P2/c1-8-11-12-13-14-15-16-23-27-34-39-48-55-62-79(84)96-75(67-90-77(82)61-54-47-42-41-43-50-57-70(4)5)69-94-98(87,88)92-65-73(80)64-91-97(85,86)93-68-74(66-89-76(81)60-53-46-38-33-30-29-32-37-45-52-59-72(7)10-3)95-78(83)63-56-49-40-35-28-25-22-20-18-17-19-21-24-26-31-36-44-51-58-71(6)9-2/h70-75,80H,8-69H2,1-7H3,(H,85,86)(H,87,88)/t71?,72?,73-,74-,75-/m1/s1. The van der Waals surface area contributed by atoms with E-state index in [1.54, 1.807) is 0 Å². The smallest absolute Gasteiger partial charge is 0.462 e. The van der Waals surface area contributed by atoms with Crippen LogP contribution in [0.4, 0.5) is 0 Å². The average molecular weight is 1440 g/mol. The van der Waals surface area contributed by atoms with Crippen molar-refractivity contribution >= 4 is 39.5 Å². The van der Waals surface area contributed by atoms with Gasteiger partial charge >= 0.3 is 39.5 Å². The molecule has 4 unspecified atom stereocenters. The maximum absolute atomic E-state index is 13.1. The normalized spacial score (nSPS) is 14.6. The van der Waals surface area contributed by atoms with E-state index in [4.69, 9.17) is 37.0 Å². The van der Waals surface area contributed by atoms with Crippen molar-refractivity contribution in [1.29, 1.82) is 0 Å². The number of carbonyl (C=O) groups excluding carboxylic acids is 4. The fourth-order valence-electron chi connectivity index (χ4n) is 12.1. The van der Waals surface area contributed by atoms with Crippen molar-refractivity contribution in [1.82, 2.24) is 0 Å². The summed E-state index contributed by atoms with van der Waals surface area (Å²) in [6.45, 7) is 11.9. The monoisotopic (exact) mass is 1440 g/mol. The van der Waals surface area contributed by atoms with Gasteiger partial charge in [-0.15, -0.1) is 0 Å². The van der Waals surface area contributed by atoms with Crippen LogP contribution in [0.2, 0.25) is 0 Å². The summed E-state index contributed by atoms with van der Waals surface area (Å²) in [7, 11) is -9.91. The number of carbonyl (C=O) groups is 4. The summed E-state index contributed by atoms with van der Waals surface area (Å²) in [5.41, 5.74) is 0. The molecule has 0 fully saturated rings. The molecule has 0 amide bonds. The van der Waals surface area contributed by atoms with Gasteiger partial charge in [-0.1, -0.05) is 357 Å². The Hall–Kier alpha value is -1.94. The van der Waals surface area contributed by atoms with Gasteiger partial charge in [0.05, 0.1) is 26.4 Å². The zero-order valence-electron chi connectivity index (χ0n) is 64.3. The minimum atomic E-state index is -4.96. The van der Waals surface area contributed by atoms with Crippen LogP contribution in [0.5, 0.6) is 0 Å². The Bertz CT molecular complexity index is 1910. The van der Waals surface area contributed by atoms with Gasteiger partial charge in [-0.25, -0.2) is 9.13 Å². The Morgan fingerprint density at radius 2 is 0.520 bits per heavy atom. The lowest BCUT2D eigenvalue weighted by Crippen LogP contribution is -2.30. The average Bonchev–Trinajstić information content (AvgIpc) is 1.01. The predicted molar refractivity (Wildman–Crippen MR) is 400 cm³/mol. The van der Waals surface area contributed by atoms with Crippen LogP contribution in [0, 0.1) is 17.8 Å². The summed E-state index contributed by atoms with van der Waals surface area (Å²) in [6.07, 6.45) is 57.0. The Morgan fingerprint density at radius 3 is 0.776 bits per heavy atom. The number of ether oxygens (including phenoxy) is 4. The number of unbranched alkanes of at least 4 members (excludes halogenated alkanes) is 43. The lowest BCUT2D eigenvalue weighted by atomic mass is 9.99. The highest BCUT2D eigenvalue weighted by Crippen LogP contribution is 2.45. The predicted octanol–water partition coefficient (Wildman–Crippen LogP) is 23.4. The second kappa shape index (κ2) is 69.4. The quantitative estimate of drug-likeness (QED) is 0.0222.